The molecule has 0 fully saturated rings. The molecular formula is C48H41B7N2. The van der Waals surface area contributed by atoms with E-state index in [0.29, 0.717) is 0 Å². The zero-order valence-corrected chi connectivity index (χ0v) is 34.5. The van der Waals surface area contributed by atoms with Gasteiger partial charge in [-0.15, -0.1) is 10.9 Å². The minimum Gasteiger partial charge on any atom is -0.292 e. The van der Waals surface area contributed by atoms with Crippen LogP contribution in [0.3, 0.4) is 0 Å². The predicted octanol–water partition coefficient (Wildman–Crippen LogP) is 0.448. The number of benzene rings is 8. The van der Waals surface area contributed by atoms with Crippen LogP contribution in [0.4, 0.5) is 0 Å². The molecule has 1 aromatic heterocycles. The number of rotatable bonds is 4. The van der Waals surface area contributed by atoms with Crippen molar-refractivity contribution < 1.29 is 0 Å². The van der Waals surface area contributed by atoms with Gasteiger partial charge in [-0.3, -0.25) is 4.57 Å². The van der Waals surface area contributed by atoms with Crippen molar-refractivity contribution >= 4 is 126 Å². The molecule has 57 heavy (non-hydrogen) atoms. The fraction of sp³-hybridized carbons (Fsp3) is 0.0625. The summed E-state index contributed by atoms with van der Waals surface area (Å²) in [5, 5.41) is 5.09. The number of aromatic nitrogens is 2. The monoisotopic (exact) mass is 722 g/mol. The first-order valence-corrected chi connectivity index (χ1v) is 20.3. The molecule has 0 saturated carbocycles. The zero-order chi connectivity index (χ0) is 39.5. The lowest BCUT2D eigenvalue weighted by atomic mass is 9.61. The molecule has 1 heterocycles. The summed E-state index contributed by atoms with van der Waals surface area (Å²) in [5.41, 5.74) is 25.1. The molecule has 2 nitrogen and oxygen atoms in total. The highest BCUT2D eigenvalue weighted by Crippen LogP contribution is 2.48. The summed E-state index contributed by atoms with van der Waals surface area (Å²) in [6.45, 7) is 4.92. The summed E-state index contributed by atoms with van der Waals surface area (Å²) >= 11 is 0. The van der Waals surface area contributed by atoms with Gasteiger partial charge in [-0.05, 0) is 96.4 Å². The van der Waals surface area contributed by atoms with E-state index in [1.807, 2.05) is 0 Å². The molecular weight excluding hydrogens is 680 g/mol. The highest BCUT2D eigenvalue weighted by Gasteiger charge is 2.41. The smallest absolute Gasteiger partial charge is 0.145 e. The molecule has 0 aliphatic heterocycles. The molecule has 0 radical (unpaired) electrons. The largest absolute Gasteiger partial charge is 0.292 e. The van der Waals surface area contributed by atoms with Crippen LogP contribution in [0.1, 0.15) is 25.0 Å². The van der Waals surface area contributed by atoms with Gasteiger partial charge in [0.25, 0.3) is 0 Å². The maximum absolute atomic E-state index is 5.24. The Kier molecular flexibility index (Phi) is 8.04. The molecule has 0 bridgehead atoms. The van der Waals surface area contributed by atoms with Crippen LogP contribution >= 0.6 is 0 Å². The number of hydrogen-bond donors (Lipinski definition) is 0. The highest BCUT2D eigenvalue weighted by atomic mass is 15.1. The van der Waals surface area contributed by atoms with E-state index < -0.39 is 0 Å². The number of imidazole rings is 1. The molecule has 10 rings (SSSR count). The molecule has 1 aliphatic carbocycles. The third kappa shape index (κ3) is 4.97. The van der Waals surface area contributed by atoms with Gasteiger partial charge >= 0.3 is 0 Å². The number of nitrogens with zero attached hydrogens (tertiary/aromatic N) is 2. The van der Waals surface area contributed by atoms with Gasteiger partial charge in [-0.25, -0.2) is 4.98 Å². The number of para-hydroxylation sites is 3. The van der Waals surface area contributed by atoms with Crippen LogP contribution in [0.5, 0.6) is 0 Å². The Morgan fingerprint density at radius 3 is 1.56 bits per heavy atom. The summed E-state index contributed by atoms with van der Waals surface area (Å²) in [6, 6.07) is 46.2. The van der Waals surface area contributed by atoms with Gasteiger partial charge in [0.1, 0.15) is 60.7 Å². The predicted molar refractivity (Wildman–Crippen MR) is 267 cm³/mol. The van der Waals surface area contributed by atoms with E-state index in [1.165, 1.54) is 104 Å². The lowest BCUT2D eigenvalue weighted by Gasteiger charge is -2.30. The fourth-order valence-electron chi connectivity index (χ4n) is 10.7. The molecule has 0 spiro atoms. The maximum atomic E-state index is 5.24. The summed E-state index contributed by atoms with van der Waals surface area (Å²) in [7, 11) is 16.4. The van der Waals surface area contributed by atoms with Crippen molar-refractivity contribution in [2.45, 2.75) is 19.3 Å². The highest BCUT2D eigenvalue weighted by molar-refractivity contribution is 6.65. The van der Waals surface area contributed by atoms with Gasteiger partial charge < -0.3 is 0 Å². The maximum Gasteiger partial charge on any atom is 0.145 e. The Morgan fingerprint density at radius 1 is 0.421 bits per heavy atom. The van der Waals surface area contributed by atoms with Crippen molar-refractivity contribution in [3.63, 3.8) is 0 Å². The number of fused-ring (bicyclic) bond motifs is 6. The Morgan fingerprint density at radius 2 is 0.912 bits per heavy atom. The normalized spacial score (nSPS) is 13.0. The van der Waals surface area contributed by atoms with Gasteiger partial charge in [0.2, 0.25) is 0 Å². The molecule has 9 heteroatoms. The van der Waals surface area contributed by atoms with Crippen molar-refractivity contribution in [2.24, 2.45) is 0 Å². The molecule has 1 aliphatic rings. The van der Waals surface area contributed by atoms with E-state index in [0.717, 1.165) is 28.1 Å². The van der Waals surface area contributed by atoms with Crippen molar-refractivity contribution in [3.05, 3.63) is 139 Å². The molecule has 9 aromatic rings. The molecule has 8 aromatic carbocycles. The Balaban J connectivity index is 1.25. The third-order valence-electron chi connectivity index (χ3n) is 13.7. The Hall–Kier alpha value is -5.80. The van der Waals surface area contributed by atoms with Gasteiger partial charge in [0.05, 0.1) is 11.0 Å². The van der Waals surface area contributed by atoms with Crippen molar-refractivity contribution in [1.82, 2.24) is 9.55 Å². The van der Waals surface area contributed by atoms with Gasteiger partial charge in [-0.1, -0.05) is 138 Å². The topological polar surface area (TPSA) is 17.8 Å². The van der Waals surface area contributed by atoms with E-state index >= 15 is 0 Å². The van der Waals surface area contributed by atoms with Crippen LogP contribution in [0.15, 0.2) is 127 Å². The Bertz CT molecular complexity index is 3130. The molecule has 0 N–H and O–H groups in total. The van der Waals surface area contributed by atoms with Crippen molar-refractivity contribution in [2.75, 3.05) is 0 Å². The van der Waals surface area contributed by atoms with E-state index in [4.69, 9.17) is 4.98 Å². The van der Waals surface area contributed by atoms with E-state index in [1.54, 1.807) is 0 Å². The van der Waals surface area contributed by atoms with E-state index in [-0.39, 0.29) is 5.41 Å². The first kappa shape index (κ1) is 35.6. The lowest BCUT2D eigenvalue weighted by molar-refractivity contribution is 0.670. The van der Waals surface area contributed by atoms with Gasteiger partial charge in [-0.2, -0.15) is 0 Å². The molecule has 0 atom stereocenters. The van der Waals surface area contributed by atoms with Crippen LogP contribution in [-0.4, -0.2) is 64.5 Å². The van der Waals surface area contributed by atoms with Gasteiger partial charge in [0, 0.05) is 16.7 Å². The van der Waals surface area contributed by atoms with Crippen LogP contribution < -0.4 is 38.2 Å². The SMILES string of the molecule is Bc1c(B)c(B)c2c(c1B)-c1c(B)c(B)c(-c3c4ccccc4c(-c4cccc(-c5nc6ccccc6n5-c5ccccc5)c4)c4ccccc34)c(B)c1C2(C)C. The summed E-state index contributed by atoms with van der Waals surface area (Å²) in [6.07, 6.45) is 0. The van der Waals surface area contributed by atoms with Crippen LogP contribution in [0.25, 0.3) is 83.0 Å². The quantitative estimate of drug-likeness (QED) is 0.191. The second-order valence-electron chi connectivity index (χ2n) is 16.9. The average Bonchev–Trinajstić information content (AvgIpc) is 3.74. The van der Waals surface area contributed by atoms with E-state index in [2.05, 4.69) is 201 Å². The molecule has 0 saturated heterocycles. The standard InChI is InChI=1S/C48H41B7N2/c1-48(2)38-35(36-39(48)44(53)46(55)45(54)42(36)51)41(50)43(52)37(40(38)49)34-29-19-8-6-17-27(29)33(28-18-7-9-20-30(28)34)24-13-12-14-25(23-24)47-56-31-21-10-11-22-32(31)57(47)26-15-4-3-5-16-26/h3-23H,49-55H2,1-2H3. The van der Waals surface area contributed by atoms with Crippen molar-refractivity contribution in [1.29, 1.82) is 0 Å². The number of hydrogen-bond acceptors (Lipinski definition) is 1. The second-order valence-corrected chi connectivity index (χ2v) is 16.9. The first-order valence-electron chi connectivity index (χ1n) is 20.3. The molecule has 0 unspecified atom stereocenters. The fourth-order valence-corrected chi connectivity index (χ4v) is 10.7. The van der Waals surface area contributed by atoms with Crippen molar-refractivity contribution in [3.8, 4) is 50.5 Å². The van der Waals surface area contributed by atoms with Crippen LogP contribution in [0.2, 0.25) is 0 Å². The van der Waals surface area contributed by atoms with Crippen LogP contribution in [-0.2, 0) is 5.41 Å². The summed E-state index contributed by atoms with van der Waals surface area (Å²) < 4.78 is 2.29. The average molecular weight is 722 g/mol. The molecule has 264 valence electrons. The minimum atomic E-state index is -0.127. The minimum absolute atomic E-state index is 0.127. The first-order chi connectivity index (χ1) is 27.5. The molecule has 0 amide bonds. The zero-order valence-electron chi connectivity index (χ0n) is 34.5. The van der Waals surface area contributed by atoms with Gasteiger partial charge in [0.15, 0.2) is 0 Å². The van der Waals surface area contributed by atoms with Crippen LogP contribution in [0, 0.1) is 0 Å². The lowest BCUT2D eigenvalue weighted by Crippen LogP contribution is -2.51. The summed E-state index contributed by atoms with van der Waals surface area (Å²) in [4.78, 5) is 5.24. The summed E-state index contributed by atoms with van der Waals surface area (Å²) in [5.74, 6) is 0.939. The Labute approximate surface area is 342 Å². The third-order valence-corrected chi connectivity index (χ3v) is 13.7. The second kappa shape index (κ2) is 12.9. The van der Waals surface area contributed by atoms with E-state index in [9.17, 15) is 0 Å².